The lowest BCUT2D eigenvalue weighted by Crippen LogP contribution is -2.25. The van der Waals surface area contributed by atoms with Gasteiger partial charge in [0, 0.05) is 16.3 Å². The summed E-state index contributed by atoms with van der Waals surface area (Å²) in [7, 11) is 0. The normalized spacial score (nSPS) is 10.6. The lowest BCUT2D eigenvalue weighted by Gasteiger charge is -2.04. The number of benzene rings is 2. The van der Waals surface area contributed by atoms with Gasteiger partial charge in [0.1, 0.15) is 0 Å². The molecular formula is C15H13Cl2N3O. The quantitative estimate of drug-likeness (QED) is 0.653. The molecule has 2 aromatic rings. The van der Waals surface area contributed by atoms with Gasteiger partial charge < -0.3 is 5.32 Å². The molecule has 21 heavy (non-hydrogen) atoms. The van der Waals surface area contributed by atoms with Gasteiger partial charge in [0.15, 0.2) is 0 Å². The molecule has 1 amide bonds. The Morgan fingerprint density at radius 3 is 2.62 bits per heavy atom. The Labute approximate surface area is 132 Å². The van der Waals surface area contributed by atoms with Crippen molar-refractivity contribution in [3.63, 3.8) is 0 Å². The third-order valence-electron chi connectivity index (χ3n) is 2.58. The SMILES string of the molecule is O=C(CNc1ccccc1)N/N=C/c1ccc(Cl)cc1Cl. The van der Waals surface area contributed by atoms with Crippen molar-refractivity contribution in [2.24, 2.45) is 5.10 Å². The van der Waals surface area contributed by atoms with E-state index < -0.39 is 0 Å². The Hall–Kier alpha value is -2.04. The molecule has 0 bridgehead atoms. The van der Waals surface area contributed by atoms with Crippen molar-refractivity contribution in [1.29, 1.82) is 0 Å². The predicted molar refractivity (Wildman–Crippen MR) is 87.1 cm³/mol. The highest BCUT2D eigenvalue weighted by atomic mass is 35.5. The Bertz CT molecular complexity index is 645. The number of hydrazone groups is 1. The van der Waals surface area contributed by atoms with Crippen molar-refractivity contribution in [3.05, 3.63) is 64.1 Å². The molecule has 4 nitrogen and oxygen atoms in total. The zero-order valence-corrected chi connectivity index (χ0v) is 12.5. The van der Waals surface area contributed by atoms with Crippen molar-refractivity contribution in [3.8, 4) is 0 Å². The number of nitrogens with zero attached hydrogens (tertiary/aromatic N) is 1. The number of nitrogens with one attached hydrogen (secondary N) is 2. The Morgan fingerprint density at radius 2 is 1.90 bits per heavy atom. The van der Waals surface area contributed by atoms with Gasteiger partial charge in [-0.25, -0.2) is 5.43 Å². The number of para-hydroxylation sites is 1. The molecule has 0 aliphatic carbocycles. The number of hydrogen-bond donors (Lipinski definition) is 2. The fourth-order valence-electron chi connectivity index (χ4n) is 1.56. The van der Waals surface area contributed by atoms with Crippen LogP contribution in [0.25, 0.3) is 0 Å². The zero-order valence-electron chi connectivity index (χ0n) is 11.0. The summed E-state index contributed by atoms with van der Waals surface area (Å²) >= 11 is 11.8. The van der Waals surface area contributed by atoms with Crippen LogP contribution in [0.3, 0.4) is 0 Å². The maximum Gasteiger partial charge on any atom is 0.259 e. The van der Waals surface area contributed by atoms with Gasteiger partial charge in [-0.05, 0) is 24.3 Å². The fraction of sp³-hybridized carbons (Fsp3) is 0.0667. The monoisotopic (exact) mass is 321 g/mol. The number of hydrogen-bond acceptors (Lipinski definition) is 3. The first-order chi connectivity index (χ1) is 10.1. The van der Waals surface area contributed by atoms with Crippen molar-refractivity contribution >= 4 is 41.0 Å². The average molecular weight is 322 g/mol. The number of rotatable bonds is 5. The van der Waals surface area contributed by atoms with Crippen molar-refractivity contribution in [2.75, 3.05) is 11.9 Å². The molecule has 108 valence electrons. The first-order valence-electron chi connectivity index (χ1n) is 6.21. The summed E-state index contributed by atoms with van der Waals surface area (Å²) in [6.45, 7) is 0.135. The summed E-state index contributed by atoms with van der Waals surface area (Å²) < 4.78 is 0. The van der Waals surface area contributed by atoms with E-state index >= 15 is 0 Å². The van der Waals surface area contributed by atoms with Crippen LogP contribution >= 0.6 is 23.2 Å². The minimum atomic E-state index is -0.250. The van der Waals surface area contributed by atoms with Crippen LogP contribution < -0.4 is 10.7 Å². The minimum absolute atomic E-state index is 0.135. The summed E-state index contributed by atoms with van der Waals surface area (Å²) in [4.78, 5) is 11.6. The van der Waals surface area contributed by atoms with Crippen LogP contribution in [0.4, 0.5) is 5.69 Å². The van der Waals surface area contributed by atoms with Crippen LogP contribution in [0.15, 0.2) is 53.6 Å². The molecule has 0 radical (unpaired) electrons. The second-order valence-electron chi connectivity index (χ2n) is 4.18. The van der Waals surface area contributed by atoms with Crippen LogP contribution in [0.2, 0.25) is 10.0 Å². The molecule has 0 aliphatic rings. The number of carbonyl (C=O) groups excluding carboxylic acids is 1. The molecule has 0 aromatic heterocycles. The van der Waals surface area contributed by atoms with Gasteiger partial charge in [0.2, 0.25) is 0 Å². The van der Waals surface area contributed by atoms with E-state index in [2.05, 4.69) is 15.8 Å². The fourth-order valence-corrected chi connectivity index (χ4v) is 2.02. The third kappa shape index (κ3) is 5.10. The van der Waals surface area contributed by atoms with E-state index in [0.717, 1.165) is 5.69 Å². The molecule has 0 saturated carbocycles. The van der Waals surface area contributed by atoms with Crippen LogP contribution in [0.1, 0.15) is 5.56 Å². The molecule has 0 aliphatic heterocycles. The van der Waals surface area contributed by atoms with Gasteiger partial charge >= 0.3 is 0 Å². The van der Waals surface area contributed by atoms with E-state index in [-0.39, 0.29) is 12.5 Å². The highest BCUT2D eigenvalue weighted by molar-refractivity contribution is 6.36. The molecule has 2 N–H and O–H groups in total. The van der Waals surface area contributed by atoms with Gasteiger partial charge in [0.25, 0.3) is 5.91 Å². The number of carbonyl (C=O) groups is 1. The van der Waals surface area contributed by atoms with Crippen LogP contribution in [-0.2, 0) is 4.79 Å². The lowest BCUT2D eigenvalue weighted by atomic mass is 10.2. The summed E-state index contributed by atoms with van der Waals surface area (Å²) in [6.07, 6.45) is 1.47. The van der Waals surface area contributed by atoms with Gasteiger partial charge in [0.05, 0.1) is 17.8 Å². The lowest BCUT2D eigenvalue weighted by molar-refractivity contribution is -0.119. The van der Waals surface area contributed by atoms with E-state index in [1.54, 1.807) is 18.2 Å². The van der Waals surface area contributed by atoms with Crippen molar-refractivity contribution < 1.29 is 4.79 Å². The zero-order chi connectivity index (χ0) is 15.1. The summed E-state index contributed by atoms with van der Waals surface area (Å²) in [5.74, 6) is -0.250. The van der Waals surface area contributed by atoms with E-state index in [1.165, 1.54) is 6.21 Å². The largest absolute Gasteiger partial charge is 0.376 e. The molecule has 0 saturated heterocycles. The highest BCUT2D eigenvalue weighted by Crippen LogP contribution is 2.19. The molecule has 0 fully saturated rings. The number of halogens is 2. The molecule has 6 heteroatoms. The van der Waals surface area contributed by atoms with Gasteiger partial charge in [-0.1, -0.05) is 47.5 Å². The standard InChI is InChI=1S/C15H13Cl2N3O/c16-12-7-6-11(14(17)8-12)9-19-20-15(21)10-18-13-4-2-1-3-5-13/h1-9,18H,10H2,(H,20,21)/b19-9+. The first-order valence-corrected chi connectivity index (χ1v) is 6.96. The Morgan fingerprint density at radius 1 is 1.14 bits per heavy atom. The van der Waals surface area contributed by atoms with Crippen molar-refractivity contribution in [2.45, 2.75) is 0 Å². The van der Waals surface area contributed by atoms with Gasteiger partial charge in [-0.2, -0.15) is 5.10 Å². The molecule has 0 unspecified atom stereocenters. The van der Waals surface area contributed by atoms with Crippen molar-refractivity contribution in [1.82, 2.24) is 5.43 Å². The highest BCUT2D eigenvalue weighted by Gasteiger charge is 2.00. The molecule has 0 atom stereocenters. The maximum absolute atomic E-state index is 11.6. The van der Waals surface area contributed by atoms with E-state index in [4.69, 9.17) is 23.2 Å². The predicted octanol–water partition coefficient (Wildman–Crippen LogP) is 3.56. The summed E-state index contributed by atoms with van der Waals surface area (Å²) in [5.41, 5.74) is 3.97. The minimum Gasteiger partial charge on any atom is -0.376 e. The second kappa shape index (κ2) is 7.67. The van der Waals surface area contributed by atoms with Crippen LogP contribution in [-0.4, -0.2) is 18.7 Å². The molecule has 2 rings (SSSR count). The smallest absolute Gasteiger partial charge is 0.259 e. The summed E-state index contributed by atoms with van der Waals surface area (Å²) in [6, 6.07) is 14.5. The van der Waals surface area contributed by atoms with E-state index in [9.17, 15) is 4.79 Å². The number of anilines is 1. The average Bonchev–Trinajstić information content (AvgIpc) is 2.48. The second-order valence-corrected chi connectivity index (χ2v) is 5.02. The van der Waals surface area contributed by atoms with Gasteiger partial charge in [-0.3, -0.25) is 4.79 Å². The molecular weight excluding hydrogens is 309 g/mol. The van der Waals surface area contributed by atoms with E-state index in [1.807, 2.05) is 30.3 Å². The third-order valence-corrected chi connectivity index (χ3v) is 3.14. The number of amides is 1. The Balaban J connectivity index is 1.82. The topological polar surface area (TPSA) is 53.5 Å². The first kappa shape index (κ1) is 15.4. The van der Waals surface area contributed by atoms with E-state index in [0.29, 0.717) is 15.6 Å². The van der Waals surface area contributed by atoms with Gasteiger partial charge in [-0.15, -0.1) is 0 Å². The molecule has 0 heterocycles. The Kier molecular flexibility index (Phi) is 5.60. The van der Waals surface area contributed by atoms with Crippen LogP contribution in [0.5, 0.6) is 0 Å². The summed E-state index contributed by atoms with van der Waals surface area (Å²) in [5, 5.41) is 7.86. The van der Waals surface area contributed by atoms with Crippen LogP contribution in [0, 0.1) is 0 Å². The molecule has 2 aromatic carbocycles. The molecule has 0 spiro atoms. The maximum atomic E-state index is 11.6.